The number of halogens is 2. The van der Waals surface area contributed by atoms with Gasteiger partial charge in [0.1, 0.15) is 6.10 Å². The molecule has 1 unspecified atom stereocenters. The highest BCUT2D eigenvalue weighted by Gasteiger charge is 2.10. The molecule has 2 nitrogen and oxygen atoms in total. The summed E-state index contributed by atoms with van der Waals surface area (Å²) in [5.41, 5.74) is 0.0394. The van der Waals surface area contributed by atoms with E-state index >= 15 is 0 Å². The average Bonchev–Trinajstić information content (AvgIpc) is 2.08. The zero-order valence-corrected chi connectivity index (χ0v) is 6.92. The smallest absolute Gasteiger partial charge is 0.219 e. The largest absolute Gasteiger partial charge is 0.384 e. The Bertz CT molecular complexity index is 303. The molecule has 1 aromatic rings. The molecule has 1 rings (SSSR count). The van der Waals surface area contributed by atoms with Gasteiger partial charge in [-0.15, -0.1) is 6.58 Å². The maximum Gasteiger partial charge on any atom is 0.219 e. The lowest BCUT2D eigenvalue weighted by atomic mass is 10.1. The van der Waals surface area contributed by atoms with Gasteiger partial charge in [-0.05, 0) is 6.07 Å². The van der Waals surface area contributed by atoms with E-state index in [0.29, 0.717) is 0 Å². The van der Waals surface area contributed by atoms with Crippen molar-refractivity contribution >= 4 is 11.6 Å². The third kappa shape index (κ3) is 1.81. The maximum absolute atomic E-state index is 12.8. The minimum Gasteiger partial charge on any atom is -0.384 e. The van der Waals surface area contributed by atoms with Crippen molar-refractivity contribution in [2.75, 3.05) is 0 Å². The number of aliphatic hydroxyl groups excluding tert-OH is 1. The van der Waals surface area contributed by atoms with Crippen LogP contribution in [0, 0.1) is 5.95 Å². The van der Waals surface area contributed by atoms with Gasteiger partial charge in [0.25, 0.3) is 0 Å². The Morgan fingerprint density at radius 2 is 2.42 bits per heavy atom. The summed E-state index contributed by atoms with van der Waals surface area (Å²) in [5, 5.41) is 9.46. The number of hydrogen-bond donors (Lipinski definition) is 1. The van der Waals surface area contributed by atoms with Gasteiger partial charge in [0, 0.05) is 11.8 Å². The van der Waals surface area contributed by atoms with Crippen LogP contribution in [-0.2, 0) is 0 Å². The Balaban J connectivity index is 3.12. The molecule has 4 heteroatoms. The zero-order valence-electron chi connectivity index (χ0n) is 6.17. The molecule has 0 saturated carbocycles. The van der Waals surface area contributed by atoms with Crippen LogP contribution in [0.2, 0.25) is 5.02 Å². The quantitative estimate of drug-likeness (QED) is 0.568. The molecule has 0 amide bonds. The molecule has 0 fully saturated rings. The maximum atomic E-state index is 12.8. The Morgan fingerprint density at radius 1 is 1.75 bits per heavy atom. The minimum atomic E-state index is -1.06. The number of aliphatic hydroxyl groups is 1. The lowest BCUT2D eigenvalue weighted by Crippen LogP contribution is -1.98. The first kappa shape index (κ1) is 9.16. The second-order valence-electron chi connectivity index (χ2n) is 2.21. The van der Waals surface area contributed by atoms with E-state index in [1.165, 1.54) is 18.3 Å². The van der Waals surface area contributed by atoms with E-state index in [2.05, 4.69) is 11.6 Å². The molecular weight excluding hydrogens is 181 g/mol. The number of pyridine rings is 1. The van der Waals surface area contributed by atoms with E-state index in [9.17, 15) is 9.50 Å². The summed E-state index contributed by atoms with van der Waals surface area (Å²) in [6, 6.07) is 1.32. The van der Waals surface area contributed by atoms with Crippen LogP contribution in [0.25, 0.3) is 0 Å². The number of hydrogen-bond acceptors (Lipinski definition) is 2. The lowest BCUT2D eigenvalue weighted by Gasteiger charge is -2.05. The van der Waals surface area contributed by atoms with Gasteiger partial charge in [-0.25, -0.2) is 4.98 Å². The van der Waals surface area contributed by atoms with Crippen LogP contribution in [0.5, 0.6) is 0 Å². The average molecular weight is 188 g/mol. The summed E-state index contributed by atoms with van der Waals surface area (Å²) in [7, 11) is 0. The summed E-state index contributed by atoms with van der Waals surface area (Å²) in [6.07, 6.45) is 1.32. The van der Waals surface area contributed by atoms with Crippen LogP contribution in [0.15, 0.2) is 24.9 Å². The molecule has 0 bridgehead atoms. The van der Waals surface area contributed by atoms with E-state index in [-0.39, 0.29) is 10.6 Å². The molecular formula is C8H7ClFNO. The fourth-order valence-corrected chi connectivity index (χ4v) is 0.939. The van der Waals surface area contributed by atoms with Crippen LogP contribution in [-0.4, -0.2) is 10.1 Å². The molecule has 1 heterocycles. The second kappa shape index (κ2) is 3.65. The SMILES string of the molecule is C=CC(O)c1cc(Cl)cnc1F. The van der Waals surface area contributed by atoms with E-state index in [4.69, 9.17) is 11.6 Å². The standard InChI is InChI=1S/C8H7ClFNO/c1-2-7(12)6-3-5(9)4-11-8(6)10/h2-4,7,12H,1H2. The van der Waals surface area contributed by atoms with Gasteiger partial charge in [0.05, 0.1) is 5.02 Å². The Hall–Kier alpha value is -0.930. The summed E-state index contributed by atoms with van der Waals surface area (Å²) < 4.78 is 12.8. The highest BCUT2D eigenvalue weighted by atomic mass is 35.5. The van der Waals surface area contributed by atoms with Gasteiger partial charge in [-0.1, -0.05) is 17.7 Å². The van der Waals surface area contributed by atoms with Crippen molar-refractivity contribution < 1.29 is 9.50 Å². The number of nitrogens with zero attached hydrogens (tertiary/aromatic N) is 1. The molecule has 1 atom stereocenters. The van der Waals surface area contributed by atoms with Gasteiger partial charge >= 0.3 is 0 Å². The third-order valence-electron chi connectivity index (χ3n) is 1.37. The fraction of sp³-hybridized carbons (Fsp3) is 0.125. The molecule has 0 aliphatic rings. The Labute approximate surface area is 74.3 Å². The van der Waals surface area contributed by atoms with Crippen molar-refractivity contribution in [2.24, 2.45) is 0 Å². The normalized spacial score (nSPS) is 12.6. The molecule has 12 heavy (non-hydrogen) atoms. The van der Waals surface area contributed by atoms with E-state index in [0.717, 1.165) is 0 Å². The summed E-state index contributed by atoms with van der Waals surface area (Å²) in [5.74, 6) is -0.730. The summed E-state index contributed by atoms with van der Waals surface area (Å²) >= 11 is 5.54. The number of aromatic nitrogens is 1. The molecule has 0 radical (unpaired) electrons. The fourth-order valence-electron chi connectivity index (χ4n) is 0.773. The van der Waals surface area contributed by atoms with Crippen LogP contribution >= 0.6 is 11.6 Å². The summed E-state index contributed by atoms with van der Waals surface area (Å²) in [4.78, 5) is 3.34. The van der Waals surface area contributed by atoms with Crippen LogP contribution in [0.1, 0.15) is 11.7 Å². The van der Waals surface area contributed by atoms with Gasteiger partial charge in [0.2, 0.25) is 5.95 Å². The van der Waals surface area contributed by atoms with Crippen LogP contribution < -0.4 is 0 Å². The van der Waals surface area contributed by atoms with Crippen molar-refractivity contribution in [1.82, 2.24) is 4.98 Å². The second-order valence-corrected chi connectivity index (χ2v) is 2.65. The first-order chi connectivity index (χ1) is 5.65. The van der Waals surface area contributed by atoms with E-state index in [1.807, 2.05) is 0 Å². The summed E-state index contributed by atoms with van der Waals surface area (Å²) in [6.45, 7) is 3.32. The minimum absolute atomic E-state index is 0.0394. The molecule has 0 aromatic carbocycles. The molecule has 0 spiro atoms. The molecule has 0 aliphatic carbocycles. The molecule has 0 aliphatic heterocycles. The van der Waals surface area contributed by atoms with Gasteiger partial charge in [-0.2, -0.15) is 4.39 Å². The van der Waals surface area contributed by atoms with Crippen molar-refractivity contribution in [2.45, 2.75) is 6.10 Å². The highest BCUT2D eigenvalue weighted by molar-refractivity contribution is 6.30. The molecule has 0 saturated heterocycles. The van der Waals surface area contributed by atoms with E-state index < -0.39 is 12.1 Å². The monoisotopic (exact) mass is 187 g/mol. The molecule has 1 aromatic heterocycles. The first-order valence-electron chi connectivity index (χ1n) is 3.26. The first-order valence-corrected chi connectivity index (χ1v) is 3.64. The molecule has 64 valence electrons. The van der Waals surface area contributed by atoms with Crippen molar-refractivity contribution in [1.29, 1.82) is 0 Å². The Kier molecular flexibility index (Phi) is 2.78. The van der Waals surface area contributed by atoms with Gasteiger partial charge < -0.3 is 5.11 Å². The van der Waals surface area contributed by atoms with Crippen molar-refractivity contribution in [3.05, 3.63) is 41.5 Å². The van der Waals surface area contributed by atoms with Crippen molar-refractivity contribution in [3.63, 3.8) is 0 Å². The van der Waals surface area contributed by atoms with Crippen molar-refractivity contribution in [3.8, 4) is 0 Å². The predicted molar refractivity (Wildman–Crippen MR) is 44.4 cm³/mol. The van der Waals surface area contributed by atoms with Crippen LogP contribution in [0.3, 0.4) is 0 Å². The number of rotatable bonds is 2. The zero-order chi connectivity index (χ0) is 9.14. The molecule has 1 N–H and O–H groups in total. The topological polar surface area (TPSA) is 33.1 Å². The Morgan fingerprint density at radius 3 is 3.00 bits per heavy atom. The highest BCUT2D eigenvalue weighted by Crippen LogP contribution is 2.19. The van der Waals surface area contributed by atoms with Gasteiger partial charge in [0.15, 0.2) is 0 Å². The van der Waals surface area contributed by atoms with Gasteiger partial charge in [-0.3, -0.25) is 0 Å². The predicted octanol–water partition coefficient (Wildman–Crippen LogP) is 2.09. The van der Waals surface area contributed by atoms with E-state index in [1.54, 1.807) is 0 Å². The van der Waals surface area contributed by atoms with Crippen LogP contribution in [0.4, 0.5) is 4.39 Å². The lowest BCUT2D eigenvalue weighted by molar-refractivity contribution is 0.222. The third-order valence-corrected chi connectivity index (χ3v) is 1.58.